The van der Waals surface area contributed by atoms with Crippen LogP contribution in [0.1, 0.15) is 10.4 Å². The number of aliphatic hydroxyl groups is 2. The smallest absolute Gasteiger partial charge is 0.251 e. The summed E-state index contributed by atoms with van der Waals surface area (Å²) < 4.78 is 13.0. The largest absolute Gasteiger partial charge is 0.396 e. The van der Waals surface area contributed by atoms with E-state index in [1.807, 2.05) is 0 Å². The van der Waals surface area contributed by atoms with Crippen LogP contribution in [0, 0.1) is 5.82 Å². The van der Waals surface area contributed by atoms with Crippen molar-refractivity contribution in [3.05, 3.63) is 29.6 Å². The summed E-state index contributed by atoms with van der Waals surface area (Å²) in [6.07, 6.45) is -1.03. The number of rotatable bonds is 4. The molecule has 0 saturated heterocycles. The van der Waals surface area contributed by atoms with E-state index in [0.29, 0.717) is 0 Å². The van der Waals surface area contributed by atoms with Crippen LogP contribution in [-0.2, 0) is 0 Å². The first-order valence-electron chi connectivity index (χ1n) is 4.66. The Balaban J connectivity index is 2.63. The number of hydrogen-bond donors (Lipinski definition) is 4. The molecule has 0 aromatic heterocycles. The number of aliphatic hydroxyl groups excluding tert-OH is 2. The second kappa shape index (κ2) is 5.43. The summed E-state index contributed by atoms with van der Waals surface area (Å²) in [6.45, 7) is -0.544. The molecule has 0 aliphatic rings. The summed E-state index contributed by atoms with van der Waals surface area (Å²) in [5.74, 6) is -1.21. The molecule has 1 atom stereocenters. The number of carbonyl (C=O) groups excluding carboxylic acids is 1. The average Bonchev–Trinajstić information content (AvgIpc) is 2.29. The van der Waals surface area contributed by atoms with E-state index in [1.165, 1.54) is 12.1 Å². The van der Waals surface area contributed by atoms with Crippen LogP contribution >= 0.6 is 0 Å². The van der Waals surface area contributed by atoms with E-state index in [1.54, 1.807) is 0 Å². The van der Waals surface area contributed by atoms with Crippen molar-refractivity contribution in [3.63, 3.8) is 0 Å². The predicted molar refractivity (Wildman–Crippen MR) is 56.2 cm³/mol. The minimum atomic E-state index is -1.03. The van der Waals surface area contributed by atoms with Gasteiger partial charge in [0.05, 0.1) is 18.4 Å². The Kier molecular flexibility index (Phi) is 4.21. The number of nitrogen functional groups attached to an aromatic ring is 1. The first kappa shape index (κ1) is 12.4. The molecular formula is C10H13FN2O3. The van der Waals surface area contributed by atoms with Crippen molar-refractivity contribution in [2.24, 2.45) is 0 Å². The molecule has 0 aliphatic heterocycles. The normalized spacial score (nSPS) is 12.2. The highest BCUT2D eigenvalue weighted by molar-refractivity contribution is 5.94. The van der Waals surface area contributed by atoms with Gasteiger partial charge in [0.1, 0.15) is 5.82 Å². The van der Waals surface area contributed by atoms with Crippen LogP contribution in [-0.4, -0.2) is 35.4 Å². The van der Waals surface area contributed by atoms with Crippen LogP contribution in [0.4, 0.5) is 10.1 Å². The van der Waals surface area contributed by atoms with Crippen LogP contribution in [0.15, 0.2) is 18.2 Å². The van der Waals surface area contributed by atoms with E-state index in [4.69, 9.17) is 15.9 Å². The highest BCUT2D eigenvalue weighted by Crippen LogP contribution is 2.11. The van der Waals surface area contributed by atoms with Gasteiger partial charge in [-0.3, -0.25) is 4.79 Å². The fourth-order valence-corrected chi connectivity index (χ4v) is 1.05. The fourth-order valence-electron chi connectivity index (χ4n) is 1.05. The maximum Gasteiger partial charge on any atom is 0.251 e. The predicted octanol–water partition coefficient (Wildman–Crippen LogP) is -0.509. The van der Waals surface area contributed by atoms with Gasteiger partial charge in [-0.25, -0.2) is 4.39 Å². The standard InChI is InChI=1S/C10H13FN2O3/c11-8-3-6(1-2-9(8)12)10(16)13-4-7(15)5-14/h1-3,7,14-15H,4-5,12H2,(H,13,16). The van der Waals surface area contributed by atoms with E-state index in [9.17, 15) is 9.18 Å². The SMILES string of the molecule is Nc1ccc(C(=O)NCC(O)CO)cc1F. The number of benzene rings is 1. The summed E-state index contributed by atoms with van der Waals surface area (Å²) in [5, 5.41) is 19.9. The molecule has 1 amide bonds. The van der Waals surface area contributed by atoms with E-state index < -0.39 is 24.4 Å². The van der Waals surface area contributed by atoms with Crippen molar-refractivity contribution in [2.75, 3.05) is 18.9 Å². The second-order valence-electron chi connectivity index (χ2n) is 3.28. The van der Waals surface area contributed by atoms with Crippen molar-refractivity contribution >= 4 is 11.6 Å². The van der Waals surface area contributed by atoms with E-state index >= 15 is 0 Å². The monoisotopic (exact) mass is 228 g/mol. The maximum absolute atomic E-state index is 13.0. The Morgan fingerprint density at radius 1 is 1.56 bits per heavy atom. The van der Waals surface area contributed by atoms with Crippen molar-refractivity contribution in [1.82, 2.24) is 5.32 Å². The van der Waals surface area contributed by atoms with Crippen molar-refractivity contribution < 1.29 is 19.4 Å². The molecule has 6 heteroatoms. The van der Waals surface area contributed by atoms with Crippen molar-refractivity contribution in [2.45, 2.75) is 6.10 Å². The lowest BCUT2D eigenvalue weighted by Crippen LogP contribution is -2.33. The Morgan fingerprint density at radius 3 is 2.81 bits per heavy atom. The molecule has 5 nitrogen and oxygen atoms in total. The van der Waals surface area contributed by atoms with Gasteiger partial charge in [0.25, 0.3) is 5.91 Å². The number of nitrogens with one attached hydrogen (secondary N) is 1. The third-order valence-electron chi connectivity index (χ3n) is 1.97. The second-order valence-corrected chi connectivity index (χ2v) is 3.28. The number of halogens is 1. The average molecular weight is 228 g/mol. The number of hydrogen-bond acceptors (Lipinski definition) is 4. The molecule has 16 heavy (non-hydrogen) atoms. The van der Waals surface area contributed by atoms with Gasteiger partial charge in [-0.15, -0.1) is 0 Å². The molecule has 1 aromatic rings. The molecule has 0 aliphatic carbocycles. The molecule has 0 saturated carbocycles. The number of amides is 1. The van der Waals surface area contributed by atoms with Gasteiger partial charge in [0.15, 0.2) is 0 Å². The molecule has 5 N–H and O–H groups in total. The minimum absolute atomic E-state index is 0.0352. The van der Waals surface area contributed by atoms with Gasteiger partial charge in [0, 0.05) is 12.1 Å². The molecule has 0 fully saturated rings. The van der Waals surface area contributed by atoms with Crippen LogP contribution in [0.2, 0.25) is 0 Å². The Hall–Kier alpha value is -1.66. The zero-order valence-corrected chi connectivity index (χ0v) is 8.48. The number of carbonyl (C=O) groups is 1. The number of anilines is 1. The molecule has 88 valence electrons. The molecular weight excluding hydrogens is 215 g/mol. The fraction of sp³-hybridized carbons (Fsp3) is 0.300. The van der Waals surface area contributed by atoms with Crippen LogP contribution in [0.5, 0.6) is 0 Å². The Morgan fingerprint density at radius 2 is 2.25 bits per heavy atom. The lowest BCUT2D eigenvalue weighted by atomic mass is 10.2. The zero-order chi connectivity index (χ0) is 12.1. The topological polar surface area (TPSA) is 95.6 Å². The molecule has 1 aromatic carbocycles. The van der Waals surface area contributed by atoms with Gasteiger partial charge in [-0.1, -0.05) is 0 Å². The first-order valence-corrected chi connectivity index (χ1v) is 4.66. The highest BCUT2D eigenvalue weighted by Gasteiger charge is 2.09. The van der Waals surface area contributed by atoms with Gasteiger partial charge in [0.2, 0.25) is 0 Å². The van der Waals surface area contributed by atoms with E-state index in [-0.39, 0.29) is 17.8 Å². The summed E-state index contributed by atoms with van der Waals surface area (Å²) in [7, 11) is 0. The summed E-state index contributed by atoms with van der Waals surface area (Å²) in [4.78, 5) is 11.4. The van der Waals surface area contributed by atoms with Gasteiger partial charge in [-0.2, -0.15) is 0 Å². The quantitative estimate of drug-likeness (QED) is 0.522. The molecule has 1 rings (SSSR count). The highest BCUT2D eigenvalue weighted by atomic mass is 19.1. The minimum Gasteiger partial charge on any atom is -0.396 e. The summed E-state index contributed by atoms with van der Waals surface area (Å²) >= 11 is 0. The lowest BCUT2D eigenvalue weighted by molar-refractivity contribution is 0.0801. The third-order valence-corrected chi connectivity index (χ3v) is 1.97. The molecule has 1 unspecified atom stereocenters. The van der Waals surface area contributed by atoms with E-state index in [0.717, 1.165) is 6.07 Å². The molecule has 0 heterocycles. The third kappa shape index (κ3) is 3.18. The zero-order valence-electron chi connectivity index (χ0n) is 8.48. The van der Waals surface area contributed by atoms with Crippen LogP contribution in [0.3, 0.4) is 0 Å². The molecule has 0 spiro atoms. The number of nitrogens with two attached hydrogens (primary N) is 1. The Labute approximate surface area is 91.7 Å². The van der Waals surface area contributed by atoms with Gasteiger partial charge < -0.3 is 21.3 Å². The summed E-state index contributed by atoms with van der Waals surface area (Å²) in [6, 6.07) is 3.67. The molecule has 0 radical (unpaired) electrons. The van der Waals surface area contributed by atoms with E-state index in [2.05, 4.69) is 5.32 Å². The molecule has 0 bridgehead atoms. The van der Waals surface area contributed by atoms with Crippen molar-refractivity contribution in [3.8, 4) is 0 Å². The lowest BCUT2D eigenvalue weighted by Gasteiger charge is -2.09. The maximum atomic E-state index is 13.0. The first-order chi connectivity index (χ1) is 7.54. The van der Waals surface area contributed by atoms with Gasteiger partial charge >= 0.3 is 0 Å². The van der Waals surface area contributed by atoms with Crippen LogP contribution < -0.4 is 11.1 Å². The Bertz CT molecular complexity index is 384. The van der Waals surface area contributed by atoms with Crippen LogP contribution in [0.25, 0.3) is 0 Å². The van der Waals surface area contributed by atoms with Crippen molar-refractivity contribution in [1.29, 1.82) is 0 Å². The summed E-state index contributed by atoms with van der Waals surface area (Å²) in [5.41, 5.74) is 5.33. The van der Waals surface area contributed by atoms with Gasteiger partial charge in [-0.05, 0) is 18.2 Å².